The van der Waals surface area contributed by atoms with Gasteiger partial charge in [-0.05, 0) is 36.6 Å². The fourth-order valence-electron chi connectivity index (χ4n) is 2.21. The molecule has 2 N–H and O–H groups in total. The highest BCUT2D eigenvalue weighted by atomic mass is 35.5. The average molecular weight is 264 g/mol. The van der Waals surface area contributed by atoms with Gasteiger partial charge in [-0.25, -0.2) is 0 Å². The third kappa shape index (κ3) is 2.23. The summed E-state index contributed by atoms with van der Waals surface area (Å²) in [5.74, 6) is 1.05. The van der Waals surface area contributed by atoms with Crippen LogP contribution in [0.1, 0.15) is 30.9 Å². The summed E-state index contributed by atoms with van der Waals surface area (Å²) in [6.45, 7) is 6.26. The molecule has 0 atom stereocenters. The quantitative estimate of drug-likeness (QED) is 0.897. The molecule has 2 aromatic rings. The highest BCUT2D eigenvalue weighted by molar-refractivity contribution is 6.30. The average Bonchev–Trinajstić information content (AvgIpc) is 2.54. The molecule has 0 aliphatic rings. The Labute approximate surface area is 113 Å². The summed E-state index contributed by atoms with van der Waals surface area (Å²) in [6.07, 6.45) is 0. The van der Waals surface area contributed by atoms with E-state index in [1.54, 1.807) is 4.68 Å². The highest BCUT2D eigenvalue weighted by Crippen LogP contribution is 2.34. The number of rotatable bonds is 2. The van der Waals surface area contributed by atoms with Crippen LogP contribution in [0.3, 0.4) is 0 Å². The minimum absolute atomic E-state index is 0.327. The lowest BCUT2D eigenvalue weighted by atomic mass is 9.98. The van der Waals surface area contributed by atoms with Crippen molar-refractivity contribution in [3.05, 3.63) is 34.3 Å². The maximum absolute atomic E-state index is 6.11. The fourth-order valence-corrected chi connectivity index (χ4v) is 2.50. The molecule has 0 aliphatic carbocycles. The second-order valence-corrected chi connectivity index (χ2v) is 5.38. The summed E-state index contributed by atoms with van der Waals surface area (Å²) < 4.78 is 1.72. The largest absolute Gasteiger partial charge is 0.384 e. The van der Waals surface area contributed by atoms with Crippen molar-refractivity contribution < 1.29 is 0 Å². The standard InChI is InChI=1S/C14H18ClN3/c1-8(2)12-13(17-18(4)14(12)16)10-5-9(3)6-11(15)7-10/h5-8H,16H2,1-4H3. The highest BCUT2D eigenvalue weighted by Gasteiger charge is 2.18. The van der Waals surface area contributed by atoms with E-state index in [-0.39, 0.29) is 0 Å². The molecule has 0 bridgehead atoms. The molecule has 1 aromatic carbocycles. The zero-order valence-electron chi connectivity index (χ0n) is 11.2. The van der Waals surface area contributed by atoms with Gasteiger partial charge < -0.3 is 5.73 Å². The molecular weight excluding hydrogens is 246 g/mol. The van der Waals surface area contributed by atoms with E-state index < -0.39 is 0 Å². The van der Waals surface area contributed by atoms with Crippen molar-refractivity contribution >= 4 is 17.4 Å². The van der Waals surface area contributed by atoms with E-state index in [1.165, 1.54) is 0 Å². The number of aromatic nitrogens is 2. The molecule has 0 amide bonds. The number of hydrogen-bond acceptors (Lipinski definition) is 2. The van der Waals surface area contributed by atoms with Crippen LogP contribution in [0.5, 0.6) is 0 Å². The molecule has 0 fully saturated rings. The first-order chi connectivity index (χ1) is 8.40. The Morgan fingerprint density at radius 2 is 1.94 bits per heavy atom. The molecule has 0 saturated heterocycles. The zero-order chi connectivity index (χ0) is 13.4. The first-order valence-corrected chi connectivity index (χ1v) is 6.38. The van der Waals surface area contributed by atoms with Crippen LogP contribution in [0.2, 0.25) is 5.02 Å². The number of nitrogen functional groups attached to an aromatic ring is 1. The lowest BCUT2D eigenvalue weighted by molar-refractivity contribution is 0.780. The molecule has 1 heterocycles. The fraction of sp³-hybridized carbons (Fsp3) is 0.357. The summed E-state index contributed by atoms with van der Waals surface area (Å²) in [4.78, 5) is 0. The van der Waals surface area contributed by atoms with Gasteiger partial charge in [-0.1, -0.05) is 25.4 Å². The summed E-state index contributed by atoms with van der Waals surface area (Å²) in [7, 11) is 1.86. The number of benzene rings is 1. The smallest absolute Gasteiger partial charge is 0.125 e. The SMILES string of the molecule is Cc1cc(Cl)cc(-c2nn(C)c(N)c2C(C)C)c1. The molecule has 18 heavy (non-hydrogen) atoms. The van der Waals surface area contributed by atoms with Crippen molar-refractivity contribution in [2.24, 2.45) is 7.05 Å². The van der Waals surface area contributed by atoms with E-state index in [9.17, 15) is 0 Å². The molecular formula is C14H18ClN3. The van der Waals surface area contributed by atoms with Gasteiger partial charge in [-0.15, -0.1) is 0 Å². The molecule has 0 radical (unpaired) electrons. The Kier molecular flexibility index (Phi) is 3.35. The topological polar surface area (TPSA) is 43.8 Å². The summed E-state index contributed by atoms with van der Waals surface area (Å²) in [6, 6.07) is 5.95. The molecule has 0 spiro atoms. The third-order valence-electron chi connectivity index (χ3n) is 3.02. The lowest BCUT2D eigenvalue weighted by Crippen LogP contribution is -2.00. The first-order valence-electron chi connectivity index (χ1n) is 6.00. The lowest BCUT2D eigenvalue weighted by Gasteiger charge is -2.08. The van der Waals surface area contributed by atoms with Crippen LogP contribution in [0, 0.1) is 6.92 Å². The third-order valence-corrected chi connectivity index (χ3v) is 3.24. The van der Waals surface area contributed by atoms with Gasteiger partial charge in [0.15, 0.2) is 0 Å². The number of hydrogen-bond donors (Lipinski definition) is 1. The van der Waals surface area contributed by atoms with Crippen LogP contribution >= 0.6 is 11.6 Å². The Bertz CT molecular complexity index is 565. The van der Waals surface area contributed by atoms with Gasteiger partial charge in [0, 0.05) is 23.2 Å². The summed E-state index contributed by atoms with van der Waals surface area (Å²) in [5.41, 5.74) is 10.2. The zero-order valence-corrected chi connectivity index (χ0v) is 11.9. The summed E-state index contributed by atoms with van der Waals surface area (Å²) >= 11 is 6.11. The number of nitrogens with two attached hydrogens (primary N) is 1. The van der Waals surface area contributed by atoms with E-state index in [4.69, 9.17) is 17.3 Å². The van der Waals surface area contributed by atoms with E-state index >= 15 is 0 Å². The molecule has 2 rings (SSSR count). The molecule has 0 unspecified atom stereocenters. The van der Waals surface area contributed by atoms with E-state index in [2.05, 4.69) is 25.0 Å². The summed E-state index contributed by atoms with van der Waals surface area (Å²) in [5, 5.41) is 5.24. The van der Waals surface area contributed by atoms with Gasteiger partial charge in [0.05, 0.1) is 5.69 Å². The second-order valence-electron chi connectivity index (χ2n) is 4.94. The van der Waals surface area contributed by atoms with Crippen LogP contribution in [-0.2, 0) is 7.05 Å². The predicted octanol–water partition coefficient (Wildman–Crippen LogP) is 3.75. The second kappa shape index (κ2) is 4.65. The van der Waals surface area contributed by atoms with Gasteiger partial charge in [0.25, 0.3) is 0 Å². The Morgan fingerprint density at radius 3 is 2.50 bits per heavy atom. The Hall–Kier alpha value is -1.48. The van der Waals surface area contributed by atoms with Gasteiger partial charge in [0.2, 0.25) is 0 Å². The molecule has 0 aliphatic heterocycles. The van der Waals surface area contributed by atoms with Crippen molar-refractivity contribution in [2.75, 3.05) is 5.73 Å². The maximum Gasteiger partial charge on any atom is 0.125 e. The van der Waals surface area contributed by atoms with Crippen LogP contribution in [0.25, 0.3) is 11.3 Å². The number of aryl methyl sites for hydroxylation is 2. The first kappa shape index (κ1) is 13.0. The number of nitrogens with zero attached hydrogens (tertiary/aromatic N) is 2. The van der Waals surface area contributed by atoms with E-state index in [0.29, 0.717) is 5.92 Å². The van der Waals surface area contributed by atoms with E-state index in [1.807, 2.05) is 26.1 Å². The molecule has 4 heteroatoms. The van der Waals surface area contributed by atoms with Crippen molar-refractivity contribution in [1.82, 2.24) is 9.78 Å². The van der Waals surface area contributed by atoms with Gasteiger partial charge in [-0.2, -0.15) is 5.10 Å². The van der Waals surface area contributed by atoms with Crippen molar-refractivity contribution in [2.45, 2.75) is 26.7 Å². The normalized spacial score (nSPS) is 11.2. The molecule has 0 saturated carbocycles. The number of anilines is 1. The Balaban J connectivity index is 2.67. The van der Waals surface area contributed by atoms with Crippen LogP contribution in [0.4, 0.5) is 5.82 Å². The van der Waals surface area contributed by atoms with Crippen LogP contribution in [-0.4, -0.2) is 9.78 Å². The van der Waals surface area contributed by atoms with Gasteiger partial charge in [-0.3, -0.25) is 4.68 Å². The van der Waals surface area contributed by atoms with Crippen molar-refractivity contribution in [3.8, 4) is 11.3 Å². The van der Waals surface area contributed by atoms with Crippen molar-refractivity contribution in [1.29, 1.82) is 0 Å². The van der Waals surface area contributed by atoms with Gasteiger partial charge in [0.1, 0.15) is 5.82 Å². The molecule has 1 aromatic heterocycles. The predicted molar refractivity (Wildman–Crippen MR) is 76.9 cm³/mol. The van der Waals surface area contributed by atoms with Crippen molar-refractivity contribution in [3.63, 3.8) is 0 Å². The van der Waals surface area contributed by atoms with Crippen LogP contribution < -0.4 is 5.73 Å². The molecule has 96 valence electrons. The van der Waals surface area contributed by atoms with E-state index in [0.717, 1.165) is 33.2 Å². The monoisotopic (exact) mass is 263 g/mol. The minimum atomic E-state index is 0.327. The number of halogens is 1. The molecule has 3 nitrogen and oxygen atoms in total. The minimum Gasteiger partial charge on any atom is -0.384 e. The maximum atomic E-state index is 6.11. The van der Waals surface area contributed by atoms with Gasteiger partial charge >= 0.3 is 0 Å². The Morgan fingerprint density at radius 1 is 1.28 bits per heavy atom. The van der Waals surface area contributed by atoms with Crippen LogP contribution in [0.15, 0.2) is 18.2 Å².